The molecule has 2 rings (SSSR count). The van der Waals surface area contributed by atoms with Crippen LogP contribution in [0.15, 0.2) is 14.7 Å². The number of halogens is 1. The predicted octanol–water partition coefficient (Wildman–Crippen LogP) is 1.52. The Morgan fingerprint density at radius 1 is 1.63 bits per heavy atom. The summed E-state index contributed by atoms with van der Waals surface area (Å²) in [7, 11) is -3.70. The lowest BCUT2D eigenvalue weighted by molar-refractivity contribution is 0.0702. The summed E-state index contributed by atoms with van der Waals surface area (Å²) in [6.07, 6.45) is 0.827. The van der Waals surface area contributed by atoms with Gasteiger partial charge in [0.1, 0.15) is 9.77 Å². The molecule has 0 spiro atoms. The van der Waals surface area contributed by atoms with Crippen molar-refractivity contribution in [2.45, 2.75) is 11.3 Å². The molecule has 1 aliphatic heterocycles. The standard InChI is InChI=1S/C10H12BrNO5S2/c11-9-8(3-7(18-9)10(13)14)19(15,16)12-4-6-1-2-17-5-6/h3,6,12H,1-2,4-5H2,(H,13,14). The number of carboxylic acids is 1. The summed E-state index contributed by atoms with van der Waals surface area (Å²) in [4.78, 5) is 10.8. The summed E-state index contributed by atoms with van der Waals surface area (Å²) in [6, 6.07) is 1.16. The molecule has 0 aromatic carbocycles. The highest BCUT2D eigenvalue weighted by Crippen LogP contribution is 2.31. The van der Waals surface area contributed by atoms with Crippen molar-refractivity contribution in [3.8, 4) is 0 Å². The molecule has 0 aliphatic carbocycles. The van der Waals surface area contributed by atoms with Gasteiger partial charge in [-0.05, 0) is 34.3 Å². The molecule has 0 radical (unpaired) electrons. The third-order valence-corrected chi connectivity index (χ3v) is 6.41. The predicted molar refractivity (Wildman–Crippen MR) is 73.1 cm³/mol. The van der Waals surface area contributed by atoms with Crippen molar-refractivity contribution >= 4 is 43.3 Å². The summed E-state index contributed by atoms with van der Waals surface area (Å²) in [5.74, 6) is -0.970. The van der Waals surface area contributed by atoms with Crippen LogP contribution in [0, 0.1) is 5.92 Å². The molecule has 2 N–H and O–H groups in total. The van der Waals surface area contributed by atoms with Crippen LogP contribution in [0.1, 0.15) is 16.1 Å². The van der Waals surface area contributed by atoms with Crippen LogP contribution in [0.2, 0.25) is 0 Å². The maximum Gasteiger partial charge on any atom is 0.345 e. The first-order valence-electron chi connectivity index (χ1n) is 5.50. The van der Waals surface area contributed by atoms with E-state index in [0.717, 1.165) is 23.8 Å². The first-order chi connectivity index (χ1) is 8.90. The van der Waals surface area contributed by atoms with Crippen LogP contribution in [0.5, 0.6) is 0 Å². The lowest BCUT2D eigenvalue weighted by Crippen LogP contribution is -2.29. The zero-order valence-corrected chi connectivity index (χ0v) is 13.0. The number of carbonyl (C=O) groups is 1. The number of ether oxygens (including phenoxy) is 1. The van der Waals surface area contributed by atoms with Crippen molar-refractivity contribution in [1.29, 1.82) is 0 Å². The van der Waals surface area contributed by atoms with E-state index in [2.05, 4.69) is 20.7 Å². The van der Waals surface area contributed by atoms with Crippen LogP contribution in [0.3, 0.4) is 0 Å². The van der Waals surface area contributed by atoms with E-state index >= 15 is 0 Å². The Morgan fingerprint density at radius 2 is 2.37 bits per heavy atom. The highest BCUT2D eigenvalue weighted by molar-refractivity contribution is 9.11. The summed E-state index contributed by atoms with van der Waals surface area (Å²) in [5.41, 5.74) is 0. The maximum absolute atomic E-state index is 12.1. The average molecular weight is 370 g/mol. The molecular weight excluding hydrogens is 358 g/mol. The molecule has 0 saturated carbocycles. The molecule has 1 saturated heterocycles. The van der Waals surface area contributed by atoms with Gasteiger partial charge in [-0.1, -0.05) is 0 Å². The molecule has 1 aromatic rings. The molecular formula is C10H12BrNO5S2. The normalized spacial score (nSPS) is 19.7. The summed E-state index contributed by atoms with van der Waals surface area (Å²) < 4.78 is 32.1. The number of sulfonamides is 1. The minimum Gasteiger partial charge on any atom is -0.477 e. The Hall–Kier alpha value is -0.480. The molecule has 0 bridgehead atoms. The van der Waals surface area contributed by atoms with Crippen LogP contribution in [-0.4, -0.2) is 39.3 Å². The van der Waals surface area contributed by atoms with E-state index in [1.54, 1.807) is 0 Å². The second-order valence-corrected chi connectivity index (χ2v) is 8.24. The van der Waals surface area contributed by atoms with Crippen molar-refractivity contribution in [3.05, 3.63) is 14.7 Å². The number of rotatable bonds is 5. The number of nitrogens with one attached hydrogen (secondary N) is 1. The molecule has 1 unspecified atom stereocenters. The zero-order valence-electron chi connectivity index (χ0n) is 9.76. The first-order valence-corrected chi connectivity index (χ1v) is 8.59. The van der Waals surface area contributed by atoms with Crippen molar-refractivity contribution in [1.82, 2.24) is 4.72 Å². The number of carboxylic acid groups (broad SMARTS) is 1. The molecule has 2 heterocycles. The van der Waals surface area contributed by atoms with E-state index in [1.807, 2.05) is 0 Å². The van der Waals surface area contributed by atoms with Gasteiger partial charge in [-0.2, -0.15) is 0 Å². The van der Waals surface area contributed by atoms with Gasteiger partial charge in [-0.25, -0.2) is 17.9 Å². The van der Waals surface area contributed by atoms with E-state index in [0.29, 0.717) is 23.5 Å². The smallest absolute Gasteiger partial charge is 0.345 e. The van der Waals surface area contributed by atoms with Gasteiger partial charge in [0.05, 0.1) is 10.4 Å². The number of aromatic carboxylic acids is 1. The monoisotopic (exact) mass is 369 g/mol. The number of hydrogen-bond donors (Lipinski definition) is 2. The van der Waals surface area contributed by atoms with E-state index in [4.69, 9.17) is 9.84 Å². The van der Waals surface area contributed by atoms with Gasteiger partial charge in [0.25, 0.3) is 0 Å². The summed E-state index contributed by atoms with van der Waals surface area (Å²) in [5, 5.41) is 8.85. The molecule has 1 atom stereocenters. The Morgan fingerprint density at radius 3 is 2.89 bits per heavy atom. The maximum atomic E-state index is 12.1. The van der Waals surface area contributed by atoms with Crippen LogP contribution >= 0.6 is 27.3 Å². The quantitative estimate of drug-likeness (QED) is 0.820. The van der Waals surface area contributed by atoms with Crippen LogP contribution in [0.4, 0.5) is 0 Å². The van der Waals surface area contributed by atoms with E-state index in [-0.39, 0.29) is 15.7 Å². The molecule has 1 aromatic heterocycles. The second kappa shape index (κ2) is 5.88. The lowest BCUT2D eigenvalue weighted by atomic mass is 10.1. The van der Waals surface area contributed by atoms with Crippen molar-refractivity contribution in [2.75, 3.05) is 19.8 Å². The minimum absolute atomic E-state index is 0.0172. The molecule has 9 heteroatoms. The van der Waals surface area contributed by atoms with Gasteiger partial charge in [0.2, 0.25) is 10.0 Å². The Kier molecular flexibility index (Phi) is 4.62. The van der Waals surface area contributed by atoms with Crippen LogP contribution in [-0.2, 0) is 14.8 Å². The minimum atomic E-state index is -3.70. The van der Waals surface area contributed by atoms with Gasteiger partial charge in [0, 0.05) is 13.2 Å². The number of hydrogen-bond acceptors (Lipinski definition) is 5. The highest BCUT2D eigenvalue weighted by Gasteiger charge is 2.25. The SMILES string of the molecule is O=C(O)c1cc(S(=O)(=O)NCC2CCOC2)c(Br)s1. The molecule has 6 nitrogen and oxygen atoms in total. The fraction of sp³-hybridized carbons (Fsp3) is 0.500. The summed E-state index contributed by atoms with van der Waals surface area (Å²) >= 11 is 3.97. The van der Waals surface area contributed by atoms with E-state index in [9.17, 15) is 13.2 Å². The average Bonchev–Trinajstić information content (AvgIpc) is 2.95. The molecule has 0 amide bonds. The molecule has 106 valence electrons. The number of thiophene rings is 1. The van der Waals surface area contributed by atoms with Gasteiger partial charge < -0.3 is 9.84 Å². The fourth-order valence-corrected chi connectivity index (χ4v) is 5.21. The van der Waals surface area contributed by atoms with Crippen molar-refractivity contribution < 1.29 is 23.1 Å². The third kappa shape index (κ3) is 3.54. The summed E-state index contributed by atoms with van der Waals surface area (Å²) in [6.45, 7) is 1.50. The van der Waals surface area contributed by atoms with Crippen LogP contribution < -0.4 is 4.72 Å². The van der Waals surface area contributed by atoms with E-state index in [1.165, 1.54) is 0 Å². The van der Waals surface area contributed by atoms with Crippen molar-refractivity contribution in [3.63, 3.8) is 0 Å². The molecule has 19 heavy (non-hydrogen) atoms. The van der Waals surface area contributed by atoms with Crippen molar-refractivity contribution in [2.24, 2.45) is 5.92 Å². The van der Waals surface area contributed by atoms with Gasteiger partial charge in [-0.15, -0.1) is 11.3 Å². The van der Waals surface area contributed by atoms with Crippen LogP contribution in [0.25, 0.3) is 0 Å². The van der Waals surface area contributed by atoms with Gasteiger partial charge in [0.15, 0.2) is 0 Å². The Bertz CT molecular complexity index is 577. The lowest BCUT2D eigenvalue weighted by Gasteiger charge is -2.09. The van der Waals surface area contributed by atoms with Gasteiger partial charge in [-0.3, -0.25) is 0 Å². The Labute approximate surface area is 123 Å². The third-order valence-electron chi connectivity index (χ3n) is 2.74. The largest absolute Gasteiger partial charge is 0.477 e. The highest BCUT2D eigenvalue weighted by atomic mass is 79.9. The topological polar surface area (TPSA) is 92.7 Å². The zero-order chi connectivity index (χ0) is 14.0. The Balaban J connectivity index is 2.12. The molecule has 1 aliphatic rings. The van der Waals surface area contributed by atoms with E-state index < -0.39 is 16.0 Å². The fourth-order valence-electron chi connectivity index (χ4n) is 1.69. The first kappa shape index (κ1) is 14.9. The molecule has 1 fully saturated rings. The second-order valence-electron chi connectivity index (χ2n) is 4.14. The van der Waals surface area contributed by atoms with Gasteiger partial charge >= 0.3 is 5.97 Å².